The third-order valence-electron chi connectivity index (χ3n) is 2.99. The first-order valence-corrected chi connectivity index (χ1v) is 6.25. The highest BCUT2D eigenvalue weighted by molar-refractivity contribution is 5.82. The standard InChI is InChI=1S/C12H24N2O4/c1-5-9(3)10(11(15)16)13-12(17)14(6-2)7-8-18-4/h9-10H,5-8H2,1-4H3,(H,13,17)(H,15,16)/t9?,10-/m0/s1. The third-order valence-corrected chi connectivity index (χ3v) is 2.99. The number of aliphatic carboxylic acids is 1. The van der Waals surface area contributed by atoms with Crippen molar-refractivity contribution in [3.8, 4) is 0 Å². The van der Waals surface area contributed by atoms with Crippen molar-refractivity contribution in [2.24, 2.45) is 5.92 Å². The molecule has 0 aromatic heterocycles. The van der Waals surface area contributed by atoms with Gasteiger partial charge in [-0.15, -0.1) is 0 Å². The van der Waals surface area contributed by atoms with Gasteiger partial charge in [-0.2, -0.15) is 0 Å². The predicted molar refractivity (Wildman–Crippen MR) is 68.5 cm³/mol. The molecule has 0 aliphatic carbocycles. The molecule has 0 heterocycles. The van der Waals surface area contributed by atoms with E-state index in [2.05, 4.69) is 5.32 Å². The molecule has 0 radical (unpaired) electrons. The monoisotopic (exact) mass is 260 g/mol. The second-order valence-corrected chi connectivity index (χ2v) is 4.22. The number of carboxylic acid groups (broad SMARTS) is 1. The second kappa shape index (κ2) is 8.74. The maximum absolute atomic E-state index is 11.9. The first kappa shape index (κ1) is 16.7. The summed E-state index contributed by atoms with van der Waals surface area (Å²) in [7, 11) is 1.56. The first-order chi connectivity index (χ1) is 8.47. The third kappa shape index (κ3) is 5.35. The second-order valence-electron chi connectivity index (χ2n) is 4.22. The molecule has 0 aromatic rings. The number of carbonyl (C=O) groups excluding carboxylic acids is 1. The average molecular weight is 260 g/mol. The molecule has 0 aromatic carbocycles. The number of hydrogen-bond donors (Lipinski definition) is 2. The largest absolute Gasteiger partial charge is 0.480 e. The van der Waals surface area contributed by atoms with Crippen LogP contribution in [0.3, 0.4) is 0 Å². The van der Waals surface area contributed by atoms with Gasteiger partial charge in [0, 0.05) is 20.2 Å². The highest BCUT2D eigenvalue weighted by Gasteiger charge is 2.26. The predicted octanol–water partition coefficient (Wildman–Crippen LogP) is 1.16. The van der Waals surface area contributed by atoms with E-state index in [9.17, 15) is 9.59 Å². The zero-order valence-electron chi connectivity index (χ0n) is 11.6. The van der Waals surface area contributed by atoms with Crippen LogP contribution in [0, 0.1) is 5.92 Å². The van der Waals surface area contributed by atoms with Crippen molar-refractivity contribution in [3.63, 3.8) is 0 Å². The SMILES string of the molecule is CCC(C)[C@H](NC(=O)N(CC)CCOC)C(=O)O. The van der Waals surface area contributed by atoms with Gasteiger partial charge in [-0.3, -0.25) is 0 Å². The van der Waals surface area contributed by atoms with E-state index in [4.69, 9.17) is 9.84 Å². The normalized spacial score (nSPS) is 13.8. The van der Waals surface area contributed by atoms with E-state index in [0.29, 0.717) is 26.1 Å². The zero-order chi connectivity index (χ0) is 14.1. The molecule has 0 rings (SSSR count). The molecule has 2 N–H and O–H groups in total. The number of carboxylic acids is 1. The van der Waals surface area contributed by atoms with Crippen LogP contribution in [0.15, 0.2) is 0 Å². The molecule has 2 amide bonds. The molecule has 6 heteroatoms. The number of carbonyl (C=O) groups is 2. The van der Waals surface area contributed by atoms with Crippen LogP contribution in [0.4, 0.5) is 4.79 Å². The quantitative estimate of drug-likeness (QED) is 0.686. The number of rotatable bonds is 8. The molecule has 1 unspecified atom stereocenters. The van der Waals surface area contributed by atoms with Gasteiger partial charge in [0.05, 0.1) is 6.61 Å². The Balaban J connectivity index is 4.51. The van der Waals surface area contributed by atoms with Gasteiger partial charge in [0.1, 0.15) is 6.04 Å². The Morgan fingerprint density at radius 3 is 2.39 bits per heavy atom. The minimum Gasteiger partial charge on any atom is -0.480 e. The lowest BCUT2D eigenvalue weighted by molar-refractivity contribution is -0.140. The van der Waals surface area contributed by atoms with Crippen molar-refractivity contribution in [3.05, 3.63) is 0 Å². The number of hydrogen-bond acceptors (Lipinski definition) is 3. The van der Waals surface area contributed by atoms with E-state index >= 15 is 0 Å². The minimum absolute atomic E-state index is 0.104. The molecule has 0 spiro atoms. The van der Waals surface area contributed by atoms with Gasteiger partial charge in [-0.1, -0.05) is 20.3 Å². The van der Waals surface area contributed by atoms with Crippen molar-refractivity contribution < 1.29 is 19.4 Å². The van der Waals surface area contributed by atoms with Gasteiger partial charge in [0.2, 0.25) is 0 Å². The summed E-state index contributed by atoms with van der Waals surface area (Å²) in [5, 5.41) is 11.7. The Labute approximate surface area is 108 Å². The van der Waals surface area contributed by atoms with E-state index in [1.165, 1.54) is 4.90 Å². The van der Waals surface area contributed by atoms with Crippen LogP contribution in [-0.4, -0.2) is 54.9 Å². The number of ether oxygens (including phenoxy) is 1. The fourth-order valence-corrected chi connectivity index (χ4v) is 1.51. The van der Waals surface area contributed by atoms with Gasteiger partial charge < -0.3 is 20.1 Å². The van der Waals surface area contributed by atoms with Crippen molar-refractivity contribution in [2.75, 3.05) is 26.8 Å². The number of nitrogens with zero attached hydrogens (tertiary/aromatic N) is 1. The number of nitrogens with one attached hydrogen (secondary N) is 1. The van der Waals surface area contributed by atoms with Crippen LogP contribution in [-0.2, 0) is 9.53 Å². The molecular formula is C12H24N2O4. The Kier molecular flexibility index (Phi) is 8.11. The Bertz CT molecular complexity index is 271. The number of urea groups is 1. The van der Waals surface area contributed by atoms with Gasteiger partial charge in [0.25, 0.3) is 0 Å². The summed E-state index contributed by atoms with van der Waals surface area (Å²) in [6.45, 7) is 6.95. The minimum atomic E-state index is -1.000. The molecule has 18 heavy (non-hydrogen) atoms. The number of methoxy groups -OCH3 is 1. The lowest BCUT2D eigenvalue weighted by atomic mass is 9.99. The van der Waals surface area contributed by atoms with Gasteiger partial charge >= 0.3 is 12.0 Å². The van der Waals surface area contributed by atoms with Crippen LogP contribution in [0.2, 0.25) is 0 Å². The smallest absolute Gasteiger partial charge is 0.326 e. The number of amides is 2. The van der Waals surface area contributed by atoms with Crippen molar-refractivity contribution >= 4 is 12.0 Å². The van der Waals surface area contributed by atoms with Crippen molar-refractivity contribution in [1.29, 1.82) is 0 Å². The lowest BCUT2D eigenvalue weighted by Crippen LogP contribution is -2.51. The molecule has 0 saturated heterocycles. The Morgan fingerprint density at radius 2 is 2.00 bits per heavy atom. The highest BCUT2D eigenvalue weighted by Crippen LogP contribution is 2.08. The topological polar surface area (TPSA) is 78.9 Å². The Morgan fingerprint density at radius 1 is 1.39 bits per heavy atom. The summed E-state index contributed by atoms with van der Waals surface area (Å²) < 4.78 is 4.91. The van der Waals surface area contributed by atoms with Crippen molar-refractivity contribution in [1.82, 2.24) is 10.2 Å². The molecule has 0 aliphatic rings. The summed E-state index contributed by atoms with van der Waals surface area (Å²) in [5.41, 5.74) is 0. The summed E-state index contributed by atoms with van der Waals surface area (Å²) >= 11 is 0. The summed E-state index contributed by atoms with van der Waals surface area (Å²) in [6.07, 6.45) is 0.696. The van der Waals surface area contributed by atoms with Gasteiger partial charge in [-0.25, -0.2) is 9.59 Å². The molecule has 2 atom stereocenters. The van der Waals surface area contributed by atoms with Crippen LogP contribution < -0.4 is 5.32 Å². The summed E-state index contributed by atoms with van der Waals surface area (Å²) in [4.78, 5) is 24.5. The molecule has 0 bridgehead atoms. The average Bonchev–Trinajstić information content (AvgIpc) is 2.35. The lowest BCUT2D eigenvalue weighted by Gasteiger charge is -2.26. The highest BCUT2D eigenvalue weighted by atomic mass is 16.5. The molecule has 0 saturated carbocycles. The van der Waals surface area contributed by atoms with E-state index < -0.39 is 12.0 Å². The Hall–Kier alpha value is -1.30. The fraction of sp³-hybridized carbons (Fsp3) is 0.833. The van der Waals surface area contributed by atoms with Crippen molar-refractivity contribution in [2.45, 2.75) is 33.2 Å². The van der Waals surface area contributed by atoms with Crippen LogP contribution in [0.5, 0.6) is 0 Å². The van der Waals surface area contributed by atoms with Gasteiger partial charge in [-0.05, 0) is 12.8 Å². The summed E-state index contributed by atoms with van der Waals surface area (Å²) in [6, 6.07) is -1.21. The molecule has 0 fully saturated rings. The van der Waals surface area contributed by atoms with E-state index in [-0.39, 0.29) is 11.9 Å². The summed E-state index contributed by atoms with van der Waals surface area (Å²) in [5.74, 6) is -1.10. The van der Waals surface area contributed by atoms with E-state index in [0.717, 1.165) is 0 Å². The molecular weight excluding hydrogens is 236 g/mol. The van der Waals surface area contributed by atoms with Gasteiger partial charge in [0.15, 0.2) is 0 Å². The van der Waals surface area contributed by atoms with E-state index in [1.807, 2.05) is 20.8 Å². The van der Waals surface area contributed by atoms with Crippen LogP contribution in [0.25, 0.3) is 0 Å². The van der Waals surface area contributed by atoms with E-state index in [1.54, 1.807) is 7.11 Å². The first-order valence-electron chi connectivity index (χ1n) is 6.25. The number of likely N-dealkylation sites (N-methyl/N-ethyl adjacent to an activating group) is 1. The molecule has 0 aliphatic heterocycles. The van der Waals surface area contributed by atoms with Crippen LogP contribution in [0.1, 0.15) is 27.2 Å². The fourth-order valence-electron chi connectivity index (χ4n) is 1.51. The maximum Gasteiger partial charge on any atom is 0.326 e. The molecule has 6 nitrogen and oxygen atoms in total. The maximum atomic E-state index is 11.9. The molecule has 106 valence electrons. The zero-order valence-corrected chi connectivity index (χ0v) is 11.6. The van der Waals surface area contributed by atoms with Crippen LogP contribution >= 0.6 is 0 Å².